The van der Waals surface area contributed by atoms with Crippen LogP contribution in [-0.2, 0) is 9.59 Å². The van der Waals surface area contributed by atoms with Gasteiger partial charge in [0.25, 0.3) is 17.4 Å². The molecule has 1 aliphatic rings. The van der Waals surface area contributed by atoms with E-state index in [1.807, 2.05) is 6.92 Å². The van der Waals surface area contributed by atoms with Gasteiger partial charge in [-0.15, -0.1) is 0 Å². The molecule has 0 saturated carbocycles. The number of likely N-dealkylation sites (N-methyl/N-ethyl adjacent to an activating group) is 1. The van der Waals surface area contributed by atoms with Gasteiger partial charge in [0, 0.05) is 23.5 Å². The fourth-order valence-electron chi connectivity index (χ4n) is 2.54. The van der Waals surface area contributed by atoms with Gasteiger partial charge in [0.1, 0.15) is 0 Å². The van der Waals surface area contributed by atoms with Crippen LogP contribution in [0, 0.1) is 0 Å². The first-order valence-electron chi connectivity index (χ1n) is 7.48. The first-order chi connectivity index (χ1) is 11.5. The first-order valence-corrected chi connectivity index (χ1v) is 7.86. The molecule has 2 aromatic rings. The molecule has 0 saturated heterocycles. The van der Waals surface area contributed by atoms with Crippen LogP contribution in [0.5, 0.6) is 5.75 Å². The molecule has 124 valence electrons. The van der Waals surface area contributed by atoms with Gasteiger partial charge in [-0.25, -0.2) is 4.98 Å². The summed E-state index contributed by atoms with van der Waals surface area (Å²) >= 11 is 5.92. The number of fused-ring (bicyclic) bond motifs is 1. The van der Waals surface area contributed by atoms with Crippen molar-refractivity contribution in [1.82, 2.24) is 4.98 Å². The molecule has 1 N–H and O–H groups in total. The molecule has 0 unspecified atom stereocenters. The Morgan fingerprint density at radius 1 is 1.38 bits per heavy atom. The lowest BCUT2D eigenvalue weighted by atomic mass is 10.0. The standard InChI is InChI=1S/C17H16ClN3O3/c1-3-21-14-13(8-5-9-19-14)24-17(2,16(21)23)15(22)20-12-7-4-6-11(18)10-12/h4-10H,3H2,1-2H3,(H,20,22)/t17-/m0/s1. The lowest BCUT2D eigenvalue weighted by Gasteiger charge is -2.38. The van der Waals surface area contributed by atoms with Crippen LogP contribution < -0.4 is 15.0 Å². The summed E-state index contributed by atoms with van der Waals surface area (Å²) in [7, 11) is 0. The van der Waals surface area contributed by atoms with Crippen LogP contribution in [0.15, 0.2) is 42.6 Å². The molecule has 1 aromatic heterocycles. The SMILES string of the molecule is CCN1C(=O)[C@](C)(C(=O)Nc2cccc(Cl)c2)Oc2cccnc21. The predicted octanol–water partition coefficient (Wildman–Crippen LogP) is 2.88. The van der Waals surface area contributed by atoms with E-state index < -0.39 is 17.4 Å². The van der Waals surface area contributed by atoms with E-state index in [4.69, 9.17) is 16.3 Å². The van der Waals surface area contributed by atoms with E-state index in [1.54, 1.807) is 42.6 Å². The maximum Gasteiger partial charge on any atom is 0.282 e. The zero-order valence-electron chi connectivity index (χ0n) is 13.2. The number of ether oxygens (including phenoxy) is 1. The second kappa shape index (κ2) is 6.13. The number of carbonyl (C=O) groups excluding carboxylic acids is 2. The number of amides is 2. The highest BCUT2D eigenvalue weighted by Gasteiger charge is 2.50. The molecule has 24 heavy (non-hydrogen) atoms. The van der Waals surface area contributed by atoms with Crippen molar-refractivity contribution in [2.45, 2.75) is 19.4 Å². The first kappa shape index (κ1) is 16.3. The zero-order chi connectivity index (χ0) is 17.3. The average Bonchev–Trinajstić information content (AvgIpc) is 2.56. The number of aromatic nitrogens is 1. The highest BCUT2D eigenvalue weighted by molar-refractivity contribution is 6.31. The van der Waals surface area contributed by atoms with Crippen molar-refractivity contribution in [2.75, 3.05) is 16.8 Å². The Morgan fingerprint density at radius 2 is 2.17 bits per heavy atom. The van der Waals surface area contributed by atoms with Gasteiger partial charge >= 0.3 is 0 Å². The van der Waals surface area contributed by atoms with Crippen LogP contribution in [0.4, 0.5) is 11.5 Å². The van der Waals surface area contributed by atoms with Crippen molar-refractivity contribution in [3.05, 3.63) is 47.6 Å². The van der Waals surface area contributed by atoms with Crippen LogP contribution in [0.3, 0.4) is 0 Å². The number of carbonyl (C=O) groups is 2. The third kappa shape index (κ3) is 2.69. The highest BCUT2D eigenvalue weighted by Crippen LogP contribution is 2.36. The minimum Gasteiger partial charge on any atom is -0.464 e. The number of rotatable bonds is 3. The zero-order valence-corrected chi connectivity index (χ0v) is 14.0. The Kier molecular flexibility index (Phi) is 4.15. The Labute approximate surface area is 144 Å². The van der Waals surface area contributed by atoms with E-state index in [0.717, 1.165) is 0 Å². The molecular weight excluding hydrogens is 330 g/mol. The topological polar surface area (TPSA) is 71.5 Å². The molecule has 0 fully saturated rings. The lowest BCUT2D eigenvalue weighted by molar-refractivity contribution is -0.145. The van der Waals surface area contributed by atoms with Gasteiger partial charge in [-0.05, 0) is 44.2 Å². The molecule has 2 amide bonds. The minimum absolute atomic E-state index is 0.381. The molecule has 6 nitrogen and oxygen atoms in total. The number of nitrogens with one attached hydrogen (secondary N) is 1. The quantitative estimate of drug-likeness (QED) is 0.868. The average molecular weight is 346 g/mol. The number of nitrogens with zero attached hydrogens (tertiary/aromatic N) is 2. The van der Waals surface area contributed by atoms with Gasteiger partial charge < -0.3 is 10.1 Å². The summed E-state index contributed by atoms with van der Waals surface area (Å²) in [5.41, 5.74) is -1.20. The Morgan fingerprint density at radius 3 is 2.88 bits per heavy atom. The van der Waals surface area contributed by atoms with E-state index in [0.29, 0.717) is 28.8 Å². The molecule has 0 radical (unpaired) electrons. The summed E-state index contributed by atoms with van der Waals surface area (Å²) in [5, 5.41) is 3.17. The smallest absolute Gasteiger partial charge is 0.282 e. The van der Waals surface area contributed by atoms with Gasteiger partial charge in [-0.1, -0.05) is 17.7 Å². The Balaban J connectivity index is 1.94. The monoisotopic (exact) mass is 345 g/mol. The molecule has 2 heterocycles. The molecule has 7 heteroatoms. The predicted molar refractivity (Wildman–Crippen MR) is 91.4 cm³/mol. The molecule has 0 bridgehead atoms. The van der Waals surface area contributed by atoms with Crippen LogP contribution in [0.2, 0.25) is 5.02 Å². The van der Waals surface area contributed by atoms with Crippen molar-refractivity contribution in [3.8, 4) is 5.75 Å². The van der Waals surface area contributed by atoms with Crippen molar-refractivity contribution in [2.24, 2.45) is 0 Å². The van der Waals surface area contributed by atoms with E-state index in [-0.39, 0.29) is 0 Å². The Bertz CT molecular complexity index is 811. The third-order valence-corrected chi connectivity index (χ3v) is 4.04. The Hall–Kier alpha value is -2.60. The molecule has 0 spiro atoms. The number of anilines is 2. The van der Waals surface area contributed by atoms with Gasteiger partial charge in [0.15, 0.2) is 11.6 Å². The van der Waals surface area contributed by atoms with Crippen molar-refractivity contribution in [3.63, 3.8) is 0 Å². The maximum absolute atomic E-state index is 12.8. The fourth-order valence-corrected chi connectivity index (χ4v) is 2.73. The van der Waals surface area contributed by atoms with Crippen LogP contribution >= 0.6 is 11.6 Å². The van der Waals surface area contributed by atoms with Crippen molar-refractivity contribution >= 4 is 34.9 Å². The summed E-state index contributed by atoms with van der Waals surface area (Å²) in [6.45, 7) is 3.65. The van der Waals surface area contributed by atoms with Gasteiger partial charge in [0.05, 0.1) is 0 Å². The molecule has 0 aliphatic carbocycles. The lowest BCUT2D eigenvalue weighted by Crippen LogP contribution is -2.60. The molecule has 1 aromatic carbocycles. The number of halogens is 1. The summed E-state index contributed by atoms with van der Waals surface area (Å²) in [6, 6.07) is 10.1. The normalized spacial score (nSPS) is 19.5. The van der Waals surface area contributed by atoms with E-state index >= 15 is 0 Å². The number of benzene rings is 1. The molecule has 1 aliphatic heterocycles. The number of hydrogen-bond donors (Lipinski definition) is 1. The second-order valence-electron chi connectivity index (χ2n) is 5.47. The second-order valence-corrected chi connectivity index (χ2v) is 5.91. The fraction of sp³-hybridized carbons (Fsp3) is 0.235. The minimum atomic E-state index is -1.69. The maximum atomic E-state index is 12.8. The molecular formula is C17H16ClN3O3. The summed E-state index contributed by atoms with van der Waals surface area (Å²) in [5.74, 6) is -0.223. The van der Waals surface area contributed by atoms with Crippen LogP contribution in [0.25, 0.3) is 0 Å². The van der Waals surface area contributed by atoms with E-state index in [9.17, 15) is 9.59 Å². The summed E-state index contributed by atoms with van der Waals surface area (Å²) in [6.07, 6.45) is 1.58. The van der Waals surface area contributed by atoms with E-state index in [1.165, 1.54) is 11.8 Å². The molecule has 3 rings (SSSR count). The summed E-state index contributed by atoms with van der Waals surface area (Å²) in [4.78, 5) is 31.2. The van der Waals surface area contributed by atoms with Gasteiger partial charge in [0.2, 0.25) is 0 Å². The van der Waals surface area contributed by atoms with Crippen molar-refractivity contribution < 1.29 is 14.3 Å². The highest BCUT2D eigenvalue weighted by atomic mass is 35.5. The van der Waals surface area contributed by atoms with Crippen molar-refractivity contribution in [1.29, 1.82) is 0 Å². The van der Waals surface area contributed by atoms with E-state index in [2.05, 4.69) is 10.3 Å². The molecule has 1 atom stereocenters. The third-order valence-electron chi connectivity index (χ3n) is 3.81. The van der Waals surface area contributed by atoms with Gasteiger partial charge in [-0.2, -0.15) is 0 Å². The largest absolute Gasteiger partial charge is 0.464 e. The van der Waals surface area contributed by atoms with Gasteiger partial charge in [-0.3, -0.25) is 14.5 Å². The number of hydrogen-bond acceptors (Lipinski definition) is 4. The van der Waals surface area contributed by atoms with Crippen LogP contribution in [-0.4, -0.2) is 28.9 Å². The summed E-state index contributed by atoms with van der Waals surface area (Å²) < 4.78 is 5.73. The van der Waals surface area contributed by atoms with Crippen LogP contribution in [0.1, 0.15) is 13.8 Å². The number of pyridine rings is 1.